The Labute approximate surface area is 89.2 Å². The summed E-state index contributed by atoms with van der Waals surface area (Å²) in [5.74, 6) is -0.0337. The molecule has 0 amide bonds. The van der Waals surface area contributed by atoms with Crippen LogP contribution in [0, 0.1) is 11.2 Å². The first-order valence-electron chi connectivity index (χ1n) is 4.84. The van der Waals surface area contributed by atoms with Crippen molar-refractivity contribution in [3.8, 4) is 0 Å². The standard InChI is InChI=1S/C11H16FN3/c1-15(6-5-11(13)14)8-9-3-2-4-10(12)7-9/h2-4,7H,5-6,8H2,1H3,(H3,13,14). The minimum atomic E-state index is -0.215. The van der Waals surface area contributed by atoms with E-state index in [0.29, 0.717) is 19.5 Å². The summed E-state index contributed by atoms with van der Waals surface area (Å²) >= 11 is 0. The smallest absolute Gasteiger partial charge is 0.123 e. The number of nitrogens with two attached hydrogens (primary N) is 1. The molecule has 0 spiro atoms. The van der Waals surface area contributed by atoms with E-state index in [9.17, 15) is 4.39 Å². The zero-order valence-electron chi connectivity index (χ0n) is 8.83. The molecule has 0 radical (unpaired) electrons. The first kappa shape index (κ1) is 11.7. The SMILES string of the molecule is CN(CCC(=N)N)Cc1cccc(F)c1. The van der Waals surface area contributed by atoms with E-state index < -0.39 is 0 Å². The molecule has 0 unspecified atom stereocenters. The molecule has 0 aliphatic rings. The van der Waals surface area contributed by atoms with Gasteiger partial charge in [0, 0.05) is 19.5 Å². The van der Waals surface area contributed by atoms with Gasteiger partial charge in [-0.15, -0.1) is 0 Å². The third-order valence-corrected chi connectivity index (χ3v) is 2.10. The van der Waals surface area contributed by atoms with Crippen LogP contribution in [0.2, 0.25) is 0 Å². The van der Waals surface area contributed by atoms with Crippen LogP contribution in [0.15, 0.2) is 24.3 Å². The summed E-state index contributed by atoms with van der Waals surface area (Å²) in [6.45, 7) is 1.39. The molecule has 0 aliphatic heterocycles. The predicted octanol–water partition coefficient (Wildman–Crippen LogP) is 1.58. The molecule has 0 saturated heterocycles. The molecule has 1 rings (SSSR count). The lowest BCUT2D eigenvalue weighted by Gasteiger charge is -2.15. The van der Waals surface area contributed by atoms with Crippen LogP contribution in [0.25, 0.3) is 0 Å². The summed E-state index contributed by atoms with van der Waals surface area (Å²) in [5.41, 5.74) is 6.19. The second kappa shape index (κ2) is 5.46. The summed E-state index contributed by atoms with van der Waals surface area (Å²) < 4.78 is 12.9. The number of nitrogens with one attached hydrogen (secondary N) is 1. The molecule has 0 aliphatic carbocycles. The lowest BCUT2D eigenvalue weighted by molar-refractivity contribution is 0.336. The van der Waals surface area contributed by atoms with Crippen LogP contribution in [0.5, 0.6) is 0 Å². The fourth-order valence-corrected chi connectivity index (χ4v) is 1.34. The first-order valence-corrected chi connectivity index (χ1v) is 4.84. The maximum Gasteiger partial charge on any atom is 0.123 e. The third kappa shape index (κ3) is 4.56. The largest absolute Gasteiger partial charge is 0.388 e. The van der Waals surface area contributed by atoms with E-state index in [1.165, 1.54) is 12.1 Å². The average molecular weight is 209 g/mol. The summed E-state index contributed by atoms with van der Waals surface area (Å²) in [6, 6.07) is 6.53. The van der Waals surface area contributed by atoms with Gasteiger partial charge in [0.25, 0.3) is 0 Å². The molecule has 15 heavy (non-hydrogen) atoms. The molecule has 82 valence electrons. The number of hydrogen-bond donors (Lipinski definition) is 2. The number of amidine groups is 1. The maximum absolute atomic E-state index is 12.9. The molecule has 4 heteroatoms. The monoisotopic (exact) mass is 209 g/mol. The van der Waals surface area contributed by atoms with Gasteiger partial charge in [0.2, 0.25) is 0 Å². The number of nitrogens with zero attached hydrogens (tertiary/aromatic N) is 1. The Morgan fingerprint density at radius 1 is 1.53 bits per heavy atom. The van der Waals surface area contributed by atoms with Gasteiger partial charge in [-0.3, -0.25) is 5.41 Å². The van der Waals surface area contributed by atoms with E-state index >= 15 is 0 Å². The first-order chi connectivity index (χ1) is 7.08. The normalized spacial score (nSPS) is 10.6. The van der Waals surface area contributed by atoms with Crippen molar-refractivity contribution >= 4 is 5.84 Å². The van der Waals surface area contributed by atoms with Gasteiger partial charge >= 0.3 is 0 Å². The van der Waals surface area contributed by atoms with Crippen molar-refractivity contribution in [3.05, 3.63) is 35.6 Å². The zero-order valence-corrected chi connectivity index (χ0v) is 8.83. The van der Waals surface area contributed by atoms with Crippen LogP contribution in [0.3, 0.4) is 0 Å². The van der Waals surface area contributed by atoms with Gasteiger partial charge in [-0.2, -0.15) is 0 Å². The third-order valence-electron chi connectivity index (χ3n) is 2.10. The molecule has 3 N–H and O–H groups in total. The van der Waals surface area contributed by atoms with Gasteiger partial charge in [0.05, 0.1) is 5.84 Å². The fourth-order valence-electron chi connectivity index (χ4n) is 1.34. The lowest BCUT2D eigenvalue weighted by Crippen LogP contribution is -2.23. The van der Waals surface area contributed by atoms with Gasteiger partial charge in [0.1, 0.15) is 5.82 Å². The molecule has 0 saturated carbocycles. The summed E-state index contributed by atoms with van der Waals surface area (Å²) in [7, 11) is 1.92. The van der Waals surface area contributed by atoms with Crippen molar-refractivity contribution in [2.45, 2.75) is 13.0 Å². The van der Waals surface area contributed by atoms with Crippen molar-refractivity contribution in [1.82, 2.24) is 4.90 Å². The van der Waals surface area contributed by atoms with E-state index in [1.807, 2.05) is 18.0 Å². The molecule has 0 heterocycles. The van der Waals surface area contributed by atoms with E-state index in [1.54, 1.807) is 6.07 Å². The molecule has 0 fully saturated rings. The van der Waals surface area contributed by atoms with Gasteiger partial charge in [-0.1, -0.05) is 12.1 Å². The highest BCUT2D eigenvalue weighted by atomic mass is 19.1. The summed E-state index contributed by atoms with van der Waals surface area (Å²) in [6.07, 6.45) is 0.547. The Balaban J connectivity index is 2.44. The Kier molecular flexibility index (Phi) is 4.24. The van der Waals surface area contributed by atoms with E-state index in [0.717, 1.165) is 5.56 Å². The summed E-state index contributed by atoms with van der Waals surface area (Å²) in [4.78, 5) is 2.01. The number of rotatable bonds is 5. The molecule has 0 bridgehead atoms. The lowest BCUT2D eigenvalue weighted by atomic mass is 10.2. The van der Waals surface area contributed by atoms with Crippen LogP contribution in [0.4, 0.5) is 4.39 Å². The minimum Gasteiger partial charge on any atom is -0.388 e. The van der Waals surface area contributed by atoms with Crippen molar-refractivity contribution in [3.63, 3.8) is 0 Å². The predicted molar refractivity (Wildman–Crippen MR) is 59.3 cm³/mol. The van der Waals surface area contributed by atoms with Crippen molar-refractivity contribution in [2.75, 3.05) is 13.6 Å². The Hall–Kier alpha value is -1.42. The van der Waals surface area contributed by atoms with Crippen molar-refractivity contribution in [1.29, 1.82) is 5.41 Å². The number of hydrogen-bond acceptors (Lipinski definition) is 2. The molecular weight excluding hydrogens is 193 g/mol. The topological polar surface area (TPSA) is 53.1 Å². The molecule has 0 atom stereocenters. The molecule has 0 aromatic heterocycles. The maximum atomic E-state index is 12.9. The Morgan fingerprint density at radius 2 is 2.27 bits per heavy atom. The zero-order chi connectivity index (χ0) is 11.3. The van der Waals surface area contributed by atoms with Gasteiger partial charge < -0.3 is 10.6 Å². The molecule has 1 aromatic rings. The Bertz CT molecular complexity index is 338. The van der Waals surface area contributed by atoms with Crippen LogP contribution in [-0.4, -0.2) is 24.3 Å². The number of halogens is 1. The van der Waals surface area contributed by atoms with Gasteiger partial charge in [0.15, 0.2) is 0 Å². The molecule has 3 nitrogen and oxygen atoms in total. The van der Waals surface area contributed by atoms with Crippen molar-refractivity contribution in [2.24, 2.45) is 5.73 Å². The van der Waals surface area contributed by atoms with E-state index in [4.69, 9.17) is 11.1 Å². The van der Waals surface area contributed by atoms with Crippen LogP contribution in [-0.2, 0) is 6.54 Å². The number of benzene rings is 1. The summed E-state index contributed by atoms with van der Waals surface area (Å²) in [5, 5.41) is 7.09. The van der Waals surface area contributed by atoms with Crippen LogP contribution in [0.1, 0.15) is 12.0 Å². The second-order valence-electron chi connectivity index (χ2n) is 3.64. The van der Waals surface area contributed by atoms with Crippen LogP contribution >= 0.6 is 0 Å². The quantitative estimate of drug-likeness (QED) is 0.571. The fraction of sp³-hybridized carbons (Fsp3) is 0.364. The van der Waals surface area contributed by atoms with E-state index in [2.05, 4.69) is 0 Å². The van der Waals surface area contributed by atoms with Crippen LogP contribution < -0.4 is 5.73 Å². The average Bonchev–Trinajstić information content (AvgIpc) is 2.15. The minimum absolute atomic E-state index is 0.182. The second-order valence-corrected chi connectivity index (χ2v) is 3.64. The highest BCUT2D eigenvalue weighted by Gasteiger charge is 2.01. The highest BCUT2D eigenvalue weighted by Crippen LogP contribution is 2.06. The van der Waals surface area contributed by atoms with Gasteiger partial charge in [-0.25, -0.2) is 4.39 Å². The Morgan fingerprint density at radius 3 is 2.87 bits per heavy atom. The highest BCUT2D eigenvalue weighted by molar-refractivity contribution is 5.76. The van der Waals surface area contributed by atoms with Crippen molar-refractivity contribution < 1.29 is 4.39 Å². The molecular formula is C11H16FN3. The molecule has 1 aromatic carbocycles. The van der Waals surface area contributed by atoms with E-state index in [-0.39, 0.29) is 11.7 Å². The van der Waals surface area contributed by atoms with Gasteiger partial charge in [-0.05, 0) is 24.7 Å².